The van der Waals surface area contributed by atoms with Crippen molar-refractivity contribution in [3.8, 4) is 17.2 Å². The second-order valence-electron chi connectivity index (χ2n) is 6.86. The van der Waals surface area contributed by atoms with E-state index in [1.165, 1.54) is 0 Å². The van der Waals surface area contributed by atoms with Gasteiger partial charge in [0, 0.05) is 43.6 Å². The predicted molar refractivity (Wildman–Crippen MR) is 108 cm³/mol. The maximum atomic E-state index is 12.5. The largest absolute Gasteiger partial charge is 0.497 e. The van der Waals surface area contributed by atoms with Crippen LogP contribution in [0.1, 0.15) is 6.42 Å². The van der Waals surface area contributed by atoms with Crippen LogP contribution in [-0.2, 0) is 9.59 Å². The van der Waals surface area contributed by atoms with Gasteiger partial charge in [0.05, 0.1) is 7.11 Å². The van der Waals surface area contributed by atoms with Crippen molar-refractivity contribution in [2.24, 2.45) is 0 Å². The van der Waals surface area contributed by atoms with Gasteiger partial charge in [-0.05, 0) is 36.4 Å². The average molecular weight is 397 g/mol. The number of rotatable bonds is 5. The smallest absolute Gasteiger partial charge is 0.233 e. The van der Waals surface area contributed by atoms with E-state index in [-0.39, 0.29) is 25.0 Å². The van der Waals surface area contributed by atoms with Crippen LogP contribution >= 0.6 is 0 Å². The highest BCUT2D eigenvalue weighted by Crippen LogP contribution is 2.34. The first-order chi connectivity index (χ1) is 14.1. The van der Waals surface area contributed by atoms with Crippen LogP contribution in [0.2, 0.25) is 0 Å². The topological polar surface area (TPSA) is 80.3 Å². The van der Waals surface area contributed by atoms with Crippen LogP contribution < -0.4 is 24.4 Å². The van der Waals surface area contributed by atoms with E-state index in [4.69, 9.17) is 14.2 Å². The first-order valence-corrected chi connectivity index (χ1v) is 9.48. The zero-order chi connectivity index (χ0) is 20.2. The lowest BCUT2D eigenvalue weighted by Crippen LogP contribution is -2.49. The number of nitrogens with one attached hydrogen (secondary N) is 1. The minimum absolute atomic E-state index is 0.169. The highest BCUT2D eigenvalue weighted by atomic mass is 16.7. The molecule has 0 spiro atoms. The fourth-order valence-corrected chi connectivity index (χ4v) is 3.44. The van der Waals surface area contributed by atoms with Gasteiger partial charge in [-0.3, -0.25) is 9.59 Å². The summed E-state index contributed by atoms with van der Waals surface area (Å²) < 4.78 is 15.7. The minimum Gasteiger partial charge on any atom is -0.497 e. The van der Waals surface area contributed by atoms with Crippen molar-refractivity contribution in [2.45, 2.75) is 6.42 Å². The molecule has 2 aliphatic heterocycles. The molecule has 2 amide bonds. The molecule has 0 aliphatic carbocycles. The van der Waals surface area contributed by atoms with E-state index in [1.807, 2.05) is 24.3 Å². The Morgan fingerprint density at radius 3 is 2.45 bits per heavy atom. The fourth-order valence-electron chi connectivity index (χ4n) is 3.44. The van der Waals surface area contributed by atoms with E-state index in [0.29, 0.717) is 30.3 Å². The molecule has 2 aromatic rings. The second kappa shape index (κ2) is 8.30. The van der Waals surface area contributed by atoms with Crippen LogP contribution in [-0.4, -0.2) is 56.8 Å². The molecule has 0 radical (unpaired) electrons. The zero-order valence-electron chi connectivity index (χ0n) is 16.2. The summed E-state index contributed by atoms with van der Waals surface area (Å²) in [7, 11) is 1.64. The summed E-state index contributed by atoms with van der Waals surface area (Å²) in [5.74, 6) is 1.54. The summed E-state index contributed by atoms with van der Waals surface area (Å²) in [6, 6.07) is 13.0. The molecular weight excluding hydrogens is 374 g/mol. The van der Waals surface area contributed by atoms with Crippen molar-refractivity contribution in [3.05, 3.63) is 42.5 Å². The number of ether oxygens (including phenoxy) is 3. The van der Waals surface area contributed by atoms with Gasteiger partial charge in [0.15, 0.2) is 11.5 Å². The molecule has 4 rings (SSSR count). The lowest BCUT2D eigenvalue weighted by atomic mass is 10.2. The van der Waals surface area contributed by atoms with Crippen LogP contribution in [0.15, 0.2) is 42.5 Å². The van der Waals surface area contributed by atoms with E-state index in [0.717, 1.165) is 24.5 Å². The monoisotopic (exact) mass is 397 g/mol. The molecule has 2 aromatic carbocycles. The van der Waals surface area contributed by atoms with Crippen LogP contribution in [0.5, 0.6) is 17.2 Å². The molecular formula is C21H23N3O5. The Bertz CT molecular complexity index is 892. The van der Waals surface area contributed by atoms with Crippen LogP contribution in [0.4, 0.5) is 11.4 Å². The lowest BCUT2D eigenvalue weighted by molar-refractivity contribution is -0.134. The number of carbonyl (C=O) groups is 2. The summed E-state index contributed by atoms with van der Waals surface area (Å²) in [6.45, 7) is 2.79. The number of piperazine rings is 1. The Balaban J connectivity index is 1.26. The van der Waals surface area contributed by atoms with E-state index in [2.05, 4.69) is 10.2 Å². The number of fused-ring (bicyclic) bond motifs is 1. The van der Waals surface area contributed by atoms with Gasteiger partial charge in [0.1, 0.15) is 12.2 Å². The molecule has 0 bridgehead atoms. The third kappa shape index (κ3) is 4.37. The third-order valence-corrected chi connectivity index (χ3v) is 5.04. The predicted octanol–water partition coefficient (Wildman–Crippen LogP) is 2.10. The number of amides is 2. The quantitative estimate of drug-likeness (QED) is 0.779. The van der Waals surface area contributed by atoms with Gasteiger partial charge in [-0.2, -0.15) is 0 Å². The minimum atomic E-state index is -0.341. The van der Waals surface area contributed by atoms with Crippen molar-refractivity contribution < 1.29 is 23.8 Å². The van der Waals surface area contributed by atoms with Gasteiger partial charge in [-0.15, -0.1) is 0 Å². The van der Waals surface area contributed by atoms with Gasteiger partial charge in [0.2, 0.25) is 18.6 Å². The molecule has 0 saturated carbocycles. The number of hydrogen-bond donors (Lipinski definition) is 1. The van der Waals surface area contributed by atoms with Gasteiger partial charge >= 0.3 is 0 Å². The number of hydrogen-bond acceptors (Lipinski definition) is 6. The molecule has 0 unspecified atom stereocenters. The van der Waals surface area contributed by atoms with E-state index >= 15 is 0 Å². The summed E-state index contributed by atoms with van der Waals surface area (Å²) >= 11 is 0. The molecule has 1 N–H and O–H groups in total. The van der Waals surface area contributed by atoms with Gasteiger partial charge in [0.25, 0.3) is 0 Å². The van der Waals surface area contributed by atoms with Gasteiger partial charge < -0.3 is 29.3 Å². The fraction of sp³-hybridized carbons (Fsp3) is 0.333. The molecule has 29 heavy (non-hydrogen) atoms. The first kappa shape index (κ1) is 18.9. The molecule has 8 heteroatoms. The number of carbonyl (C=O) groups excluding carboxylic acids is 2. The highest BCUT2D eigenvalue weighted by molar-refractivity contribution is 6.03. The van der Waals surface area contributed by atoms with E-state index < -0.39 is 0 Å². The summed E-state index contributed by atoms with van der Waals surface area (Å²) in [6.07, 6.45) is -0.184. The number of nitrogens with zero attached hydrogens (tertiary/aromatic N) is 2. The Morgan fingerprint density at radius 2 is 1.72 bits per heavy atom. The molecule has 152 valence electrons. The van der Waals surface area contributed by atoms with E-state index in [1.54, 1.807) is 30.2 Å². The Kier molecular flexibility index (Phi) is 5.41. The SMILES string of the molecule is COc1ccc(N2CCN(C(=O)CC(=O)Nc3ccc4c(c3)OCO4)CC2)cc1. The second-order valence-corrected chi connectivity index (χ2v) is 6.86. The molecule has 8 nitrogen and oxygen atoms in total. The van der Waals surface area contributed by atoms with Crippen molar-refractivity contribution in [3.63, 3.8) is 0 Å². The Labute approximate surface area is 168 Å². The number of benzene rings is 2. The van der Waals surface area contributed by atoms with Crippen molar-refractivity contribution in [1.82, 2.24) is 4.90 Å². The summed E-state index contributed by atoms with van der Waals surface area (Å²) in [5.41, 5.74) is 1.68. The summed E-state index contributed by atoms with van der Waals surface area (Å²) in [4.78, 5) is 28.7. The van der Waals surface area contributed by atoms with Crippen LogP contribution in [0, 0.1) is 0 Å². The first-order valence-electron chi connectivity index (χ1n) is 9.48. The summed E-state index contributed by atoms with van der Waals surface area (Å²) in [5, 5.41) is 2.74. The van der Waals surface area contributed by atoms with Crippen LogP contribution in [0.25, 0.3) is 0 Å². The average Bonchev–Trinajstić information content (AvgIpc) is 3.22. The Hall–Kier alpha value is -3.42. The standard InChI is InChI=1S/C21H23N3O5/c1-27-17-5-3-16(4-6-17)23-8-10-24(11-9-23)21(26)13-20(25)22-15-2-7-18-19(12-15)29-14-28-18/h2-7,12H,8-11,13-14H2,1H3,(H,22,25). The zero-order valence-corrected chi connectivity index (χ0v) is 16.2. The number of anilines is 2. The molecule has 1 saturated heterocycles. The highest BCUT2D eigenvalue weighted by Gasteiger charge is 2.23. The van der Waals surface area contributed by atoms with Crippen molar-refractivity contribution in [1.29, 1.82) is 0 Å². The molecule has 0 atom stereocenters. The third-order valence-electron chi connectivity index (χ3n) is 5.04. The molecule has 0 aromatic heterocycles. The lowest BCUT2D eigenvalue weighted by Gasteiger charge is -2.36. The molecule has 1 fully saturated rings. The maximum absolute atomic E-state index is 12.5. The Morgan fingerprint density at radius 1 is 1.00 bits per heavy atom. The van der Waals surface area contributed by atoms with E-state index in [9.17, 15) is 9.59 Å². The number of methoxy groups -OCH3 is 1. The van der Waals surface area contributed by atoms with Crippen molar-refractivity contribution >= 4 is 23.2 Å². The van der Waals surface area contributed by atoms with Gasteiger partial charge in [-0.25, -0.2) is 0 Å². The van der Waals surface area contributed by atoms with Gasteiger partial charge in [-0.1, -0.05) is 0 Å². The normalized spacial score (nSPS) is 15.2. The maximum Gasteiger partial charge on any atom is 0.233 e. The molecule has 2 heterocycles. The van der Waals surface area contributed by atoms with Crippen LogP contribution in [0.3, 0.4) is 0 Å². The molecule has 2 aliphatic rings. The van der Waals surface area contributed by atoms with Crippen molar-refractivity contribution in [2.75, 3.05) is 50.3 Å².